The van der Waals surface area contributed by atoms with Crippen LogP contribution in [0.1, 0.15) is 22.7 Å². The molecule has 7 nitrogen and oxygen atoms in total. The van der Waals surface area contributed by atoms with Crippen molar-refractivity contribution in [2.75, 3.05) is 24.3 Å². The fourth-order valence-corrected chi connectivity index (χ4v) is 2.79. The molecule has 0 spiro atoms. The number of rotatable bonds is 5. The van der Waals surface area contributed by atoms with E-state index in [-0.39, 0.29) is 17.3 Å². The summed E-state index contributed by atoms with van der Waals surface area (Å²) in [5.74, 6) is -0.609. The van der Waals surface area contributed by atoms with Crippen LogP contribution in [0.25, 0.3) is 0 Å². The SMILES string of the molecule is COC(=O)Nc1ccc(NC(=O)NCC(C)c2ncc(C)s2)cc1F. The highest BCUT2D eigenvalue weighted by Crippen LogP contribution is 2.21. The summed E-state index contributed by atoms with van der Waals surface area (Å²) in [6.07, 6.45) is 1.02. The van der Waals surface area contributed by atoms with Gasteiger partial charge in [0.2, 0.25) is 0 Å². The van der Waals surface area contributed by atoms with E-state index in [0.717, 1.165) is 16.0 Å². The highest BCUT2D eigenvalue weighted by molar-refractivity contribution is 7.11. The number of methoxy groups -OCH3 is 1. The molecule has 1 aromatic carbocycles. The van der Waals surface area contributed by atoms with E-state index in [1.54, 1.807) is 17.5 Å². The van der Waals surface area contributed by atoms with Crippen molar-refractivity contribution in [2.24, 2.45) is 0 Å². The standard InChI is InChI=1S/C16H19FN4O3S/c1-9(14-18-8-10(2)25-14)7-19-15(22)20-11-4-5-13(12(17)6-11)21-16(23)24-3/h4-6,8-9H,7H2,1-3H3,(H,21,23)(H2,19,20,22). The molecule has 1 aromatic heterocycles. The minimum Gasteiger partial charge on any atom is -0.453 e. The van der Waals surface area contributed by atoms with Crippen molar-refractivity contribution in [3.05, 3.63) is 40.1 Å². The Bertz CT molecular complexity index is 766. The summed E-state index contributed by atoms with van der Waals surface area (Å²) < 4.78 is 18.3. The maximum atomic E-state index is 13.9. The Labute approximate surface area is 148 Å². The lowest BCUT2D eigenvalue weighted by Gasteiger charge is -2.12. The number of halogens is 1. The average molecular weight is 366 g/mol. The summed E-state index contributed by atoms with van der Waals surface area (Å²) in [5, 5.41) is 8.43. The Balaban J connectivity index is 1.87. The monoisotopic (exact) mass is 366 g/mol. The van der Waals surface area contributed by atoms with Crippen LogP contribution in [0.2, 0.25) is 0 Å². The molecule has 0 saturated heterocycles. The third kappa shape index (κ3) is 5.42. The van der Waals surface area contributed by atoms with E-state index in [1.165, 1.54) is 19.2 Å². The molecule has 1 heterocycles. The molecule has 3 N–H and O–H groups in total. The van der Waals surface area contributed by atoms with Crippen LogP contribution in [0.5, 0.6) is 0 Å². The molecule has 134 valence electrons. The zero-order valence-corrected chi connectivity index (χ0v) is 14.9. The molecule has 0 fully saturated rings. The zero-order valence-electron chi connectivity index (χ0n) is 14.1. The molecule has 9 heteroatoms. The fraction of sp³-hybridized carbons (Fsp3) is 0.312. The molecule has 0 radical (unpaired) electrons. The number of nitrogens with one attached hydrogen (secondary N) is 3. The second-order valence-electron chi connectivity index (χ2n) is 5.36. The first-order chi connectivity index (χ1) is 11.9. The highest BCUT2D eigenvalue weighted by atomic mass is 32.1. The van der Waals surface area contributed by atoms with E-state index in [1.807, 2.05) is 13.8 Å². The Morgan fingerprint density at radius 1 is 1.36 bits per heavy atom. The van der Waals surface area contributed by atoms with Crippen molar-refractivity contribution in [3.8, 4) is 0 Å². The molecular weight excluding hydrogens is 347 g/mol. The van der Waals surface area contributed by atoms with E-state index in [4.69, 9.17) is 0 Å². The number of amides is 3. The van der Waals surface area contributed by atoms with Crippen molar-refractivity contribution in [2.45, 2.75) is 19.8 Å². The summed E-state index contributed by atoms with van der Waals surface area (Å²) in [6.45, 7) is 4.34. The summed E-state index contributed by atoms with van der Waals surface area (Å²) >= 11 is 1.58. The number of ether oxygens (including phenoxy) is 1. The molecule has 25 heavy (non-hydrogen) atoms. The molecule has 1 atom stereocenters. The molecule has 0 aliphatic heterocycles. The van der Waals surface area contributed by atoms with Gasteiger partial charge in [0.15, 0.2) is 0 Å². The number of anilines is 2. The molecular formula is C16H19FN4O3S. The van der Waals surface area contributed by atoms with Crippen molar-refractivity contribution < 1.29 is 18.7 Å². The number of hydrogen-bond donors (Lipinski definition) is 3. The first kappa shape index (κ1) is 18.7. The average Bonchev–Trinajstić information content (AvgIpc) is 3.01. The van der Waals surface area contributed by atoms with Crippen LogP contribution in [0, 0.1) is 12.7 Å². The van der Waals surface area contributed by atoms with Crippen molar-refractivity contribution in [3.63, 3.8) is 0 Å². The number of urea groups is 1. The number of carbonyl (C=O) groups is 2. The van der Waals surface area contributed by atoms with Gasteiger partial charge in [-0.15, -0.1) is 11.3 Å². The molecule has 0 bridgehead atoms. The maximum absolute atomic E-state index is 13.9. The summed E-state index contributed by atoms with van der Waals surface area (Å²) in [4.78, 5) is 28.4. The normalized spacial score (nSPS) is 11.5. The van der Waals surface area contributed by atoms with Gasteiger partial charge < -0.3 is 15.4 Å². The van der Waals surface area contributed by atoms with Crippen molar-refractivity contribution >= 4 is 34.8 Å². The Hall–Kier alpha value is -2.68. The Morgan fingerprint density at radius 3 is 2.72 bits per heavy atom. The van der Waals surface area contributed by atoms with E-state index < -0.39 is 17.9 Å². The lowest BCUT2D eigenvalue weighted by atomic mass is 10.2. The topological polar surface area (TPSA) is 92.4 Å². The second-order valence-corrected chi connectivity index (χ2v) is 6.62. The number of hydrogen-bond acceptors (Lipinski definition) is 5. The molecule has 0 aliphatic carbocycles. The Morgan fingerprint density at radius 2 is 2.12 bits per heavy atom. The van der Waals surface area contributed by atoms with Gasteiger partial charge in [-0.25, -0.2) is 19.0 Å². The minimum absolute atomic E-state index is 0.0365. The van der Waals surface area contributed by atoms with Gasteiger partial charge in [0.25, 0.3) is 0 Å². The van der Waals surface area contributed by atoms with Gasteiger partial charge in [-0.3, -0.25) is 5.32 Å². The number of aryl methyl sites for hydroxylation is 1. The first-order valence-corrected chi connectivity index (χ1v) is 8.32. The van der Waals surface area contributed by atoms with Crippen LogP contribution in [-0.4, -0.2) is 30.8 Å². The lowest BCUT2D eigenvalue weighted by Crippen LogP contribution is -2.31. The molecule has 2 aromatic rings. The quantitative estimate of drug-likeness (QED) is 0.752. The third-order valence-corrected chi connectivity index (χ3v) is 4.42. The van der Waals surface area contributed by atoms with Crippen LogP contribution in [0.3, 0.4) is 0 Å². The van der Waals surface area contributed by atoms with Gasteiger partial charge in [0, 0.05) is 29.2 Å². The maximum Gasteiger partial charge on any atom is 0.411 e. The predicted molar refractivity (Wildman–Crippen MR) is 94.7 cm³/mol. The van der Waals surface area contributed by atoms with Crippen LogP contribution in [-0.2, 0) is 4.74 Å². The van der Waals surface area contributed by atoms with Crippen LogP contribution in [0.15, 0.2) is 24.4 Å². The van der Waals surface area contributed by atoms with Gasteiger partial charge in [-0.2, -0.15) is 0 Å². The van der Waals surface area contributed by atoms with E-state index in [2.05, 4.69) is 25.7 Å². The number of aromatic nitrogens is 1. The van der Waals surface area contributed by atoms with Crippen molar-refractivity contribution in [1.82, 2.24) is 10.3 Å². The summed E-state index contributed by atoms with van der Waals surface area (Å²) in [6, 6.07) is 3.47. The van der Waals surface area contributed by atoms with Crippen LogP contribution < -0.4 is 16.0 Å². The van der Waals surface area contributed by atoms with Crippen molar-refractivity contribution in [1.29, 1.82) is 0 Å². The number of carbonyl (C=O) groups excluding carboxylic acids is 2. The van der Waals surface area contributed by atoms with Crippen LogP contribution in [0.4, 0.5) is 25.4 Å². The van der Waals surface area contributed by atoms with Gasteiger partial charge in [0.1, 0.15) is 5.82 Å². The molecule has 3 amide bonds. The van der Waals surface area contributed by atoms with E-state index >= 15 is 0 Å². The first-order valence-electron chi connectivity index (χ1n) is 7.50. The number of thiazole rings is 1. The lowest BCUT2D eigenvalue weighted by molar-refractivity contribution is 0.186. The molecule has 0 saturated carbocycles. The third-order valence-electron chi connectivity index (χ3n) is 3.28. The minimum atomic E-state index is -0.774. The molecule has 1 unspecified atom stereocenters. The van der Waals surface area contributed by atoms with Gasteiger partial charge in [0.05, 0.1) is 17.8 Å². The highest BCUT2D eigenvalue weighted by Gasteiger charge is 2.12. The van der Waals surface area contributed by atoms with Gasteiger partial charge in [-0.1, -0.05) is 6.92 Å². The van der Waals surface area contributed by atoms with E-state index in [9.17, 15) is 14.0 Å². The Kier molecular flexibility index (Phi) is 6.29. The predicted octanol–water partition coefficient (Wildman–Crippen LogP) is 3.69. The number of nitrogens with zero attached hydrogens (tertiary/aromatic N) is 1. The smallest absolute Gasteiger partial charge is 0.411 e. The van der Waals surface area contributed by atoms with Crippen LogP contribution >= 0.6 is 11.3 Å². The van der Waals surface area contributed by atoms with E-state index in [0.29, 0.717) is 6.54 Å². The zero-order chi connectivity index (χ0) is 18.4. The fourth-order valence-electron chi connectivity index (χ4n) is 1.96. The summed E-state index contributed by atoms with van der Waals surface area (Å²) in [7, 11) is 1.18. The van der Waals surface area contributed by atoms with Gasteiger partial charge >= 0.3 is 12.1 Å². The second kappa shape index (κ2) is 8.43. The summed E-state index contributed by atoms with van der Waals surface area (Å²) in [5.41, 5.74) is 0.230. The largest absolute Gasteiger partial charge is 0.453 e. The molecule has 0 aliphatic rings. The molecule has 2 rings (SSSR count). The number of benzene rings is 1. The van der Waals surface area contributed by atoms with Gasteiger partial charge in [-0.05, 0) is 25.1 Å².